The van der Waals surface area contributed by atoms with Crippen molar-refractivity contribution in [3.05, 3.63) is 35.4 Å². The number of carbonyl (C=O) groups is 1. The summed E-state index contributed by atoms with van der Waals surface area (Å²) in [6, 6.07) is 4.84. The standard InChI is InChI=1S/C18H24F3NO3/c19-18(20,21)15-4-1-13(2-5-15)3-6-17(24)22-10-7-16(23)14-8-11-25-12-9-14/h1-2,4-5,14,16,23H,3,6-12H2,(H,22,24)/t16-/m1/s1. The number of halogens is 3. The van der Waals surface area contributed by atoms with Crippen molar-refractivity contribution in [3.63, 3.8) is 0 Å². The first-order chi connectivity index (χ1) is 11.9. The number of aliphatic hydroxyl groups excluding tert-OH is 1. The highest BCUT2D eigenvalue weighted by Gasteiger charge is 2.29. The molecule has 1 fully saturated rings. The van der Waals surface area contributed by atoms with Crippen molar-refractivity contribution >= 4 is 5.91 Å². The molecule has 1 aromatic rings. The van der Waals surface area contributed by atoms with Crippen LogP contribution < -0.4 is 5.32 Å². The quantitative estimate of drug-likeness (QED) is 0.787. The van der Waals surface area contributed by atoms with Crippen LogP contribution in [0.1, 0.15) is 36.8 Å². The maximum Gasteiger partial charge on any atom is 0.416 e. The molecule has 0 saturated carbocycles. The molecule has 140 valence electrons. The van der Waals surface area contributed by atoms with E-state index in [0.29, 0.717) is 38.2 Å². The van der Waals surface area contributed by atoms with Crippen LogP contribution in [-0.4, -0.2) is 36.9 Å². The predicted octanol–water partition coefficient (Wildman–Crippen LogP) is 2.93. The van der Waals surface area contributed by atoms with Crippen LogP contribution in [0.4, 0.5) is 13.2 Å². The fourth-order valence-corrected chi connectivity index (χ4v) is 2.90. The Kier molecular flexibility index (Phi) is 7.25. The fraction of sp³-hybridized carbons (Fsp3) is 0.611. The highest BCUT2D eigenvalue weighted by atomic mass is 19.4. The molecule has 4 nitrogen and oxygen atoms in total. The Hall–Kier alpha value is -1.60. The van der Waals surface area contributed by atoms with E-state index in [4.69, 9.17) is 4.74 Å². The molecule has 1 saturated heterocycles. The number of ether oxygens (including phenoxy) is 1. The number of hydrogen-bond acceptors (Lipinski definition) is 3. The van der Waals surface area contributed by atoms with Crippen LogP contribution >= 0.6 is 0 Å². The molecule has 1 heterocycles. The molecule has 0 aromatic heterocycles. The lowest BCUT2D eigenvalue weighted by atomic mass is 9.92. The van der Waals surface area contributed by atoms with E-state index in [1.807, 2.05) is 0 Å². The summed E-state index contributed by atoms with van der Waals surface area (Å²) in [6.45, 7) is 1.73. The summed E-state index contributed by atoms with van der Waals surface area (Å²) in [5.41, 5.74) is -0.00630. The number of carbonyl (C=O) groups excluding carboxylic acids is 1. The molecule has 0 unspecified atom stereocenters. The van der Waals surface area contributed by atoms with Gasteiger partial charge in [0, 0.05) is 26.2 Å². The van der Waals surface area contributed by atoms with Crippen LogP contribution in [-0.2, 0) is 22.1 Å². The second-order valence-electron chi connectivity index (χ2n) is 6.35. The van der Waals surface area contributed by atoms with Crippen molar-refractivity contribution in [1.29, 1.82) is 0 Å². The van der Waals surface area contributed by atoms with E-state index in [-0.39, 0.29) is 18.2 Å². The Morgan fingerprint density at radius 2 is 1.88 bits per heavy atom. The lowest BCUT2D eigenvalue weighted by Gasteiger charge is -2.26. The Bertz CT molecular complexity index is 539. The summed E-state index contributed by atoms with van der Waals surface area (Å²) in [4.78, 5) is 11.8. The molecule has 1 amide bonds. The average molecular weight is 359 g/mol. The summed E-state index contributed by atoms with van der Waals surface area (Å²) < 4.78 is 42.7. The largest absolute Gasteiger partial charge is 0.416 e. The Labute approximate surface area is 145 Å². The number of aliphatic hydroxyl groups is 1. The van der Waals surface area contributed by atoms with Crippen molar-refractivity contribution in [1.82, 2.24) is 5.32 Å². The van der Waals surface area contributed by atoms with Crippen LogP contribution in [0.5, 0.6) is 0 Å². The van der Waals surface area contributed by atoms with E-state index >= 15 is 0 Å². The summed E-state index contributed by atoms with van der Waals surface area (Å²) in [5, 5.41) is 12.8. The first-order valence-electron chi connectivity index (χ1n) is 8.55. The number of rotatable bonds is 7. The molecule has 0 radical (unpaired) electrons. The number of aryl methyl sites for hydroxylation is 1. The molecule has 7 heteroatoms. The molecule has 1 aliphatic rings. The second-order valence-corrected chi connectivity index (χ2v) is 6.35. The minimum Gasteiger partial charge on any atom is -0.393 e. The van der Waals surface area contributed by atoms with Crippen molar-refractivity contribution in [2.75, 3.05) is 19.8 Å². The number of alkyl halides is 3. The van der Waals surface area contributed by atoms with Gasteiger partial charge in [-0.2, -0.15) is 13.2 Å². The van der Waals surface area contributed by atoms with Crippen molar-refractivity contribution in [3.8, 4) is 0 Å². The smallest absolute Gasteiger partial charge is 0.393 e. The van der Waals surface area contributed by atoms with Gasteiger partial charge < -0.3 is 15.2 Å². The molecule has 0 spiro atoms. The molecule has 25 heavy (non-hydrogen) atoms. The van der Waals surface area contributed by atoms with E-state index < -0.39 is 17.8 Å². The fourth-order valence-electron chi connectivity index (χ4n) is 2.90. The third kappa shape index (κ3) is 6.66. The highest BCUT2D eigenvalue weighted by Crippen LogP contribution is 2.29. The second kappa shape index (κ2) is 9.20. The maximum absolute atomic E-state index is 12.5. The van der Waals surface area contributed by atoms with E-state index in [1.165, 1.54) is 12.1 Å². The van der Waals surface area contributed by atoms with Gasteiger partial charge in [-0.1, -0.05) is 12.1 Å². The SMILES string of the molecule is O=C(CCc1ccc(C(F)(F)F)cc1)NCC[C@@H](O)C1CCOCC1. The summed E-state index contributed by atoms with van der Waals surface area (Å²) in [7, 11) is 0. The minimum atomic E-state index is -4.35. The molecule has 1 atom stereocenters. The number of nitrogens with one attached hydrogen (secondary N) is 1. The Morgan fingerprint density at radius 1 is 1.24 bits per heavy atom. The van der Waals surface area contributed by atoms with Gasteiger partial charge in [-0.15, -0.1) is 0 Å². The van der Waals surface area contributed by atoms with Crippen LogP contribution in [0.3, 0.4) is 0 Å². The third-order valence-electron chi connectivity index (χ3n) is 4.49. The van der Waals surface area contributed by atoms with Crippen molar-refractivity contribution in [2.45, 2.75) is 44.4 Å². The highest BCUT2D eigenvalue weighted by molar-refractivity contribution is 5.76. The lowest BCUT2D eigenvalue weighted by Crippen LogP contribution is -2.32. The van der Waals surface area contributed by atoms with E-state index in [2.05, 4.69) is 5.32 Å². The molecule has 2 rings (SSSR count). The lowest BCUT2D eigenvalue weighted by molar-refractivity contribution is -0.137. The number of benzene rings is 1. The van der Waals surface area contributed by atoms with Gasteiger partial charge in [0.25, 0.3) is 0 Å². The first kappa shape index (κ1) is 19.7. The van der Waals surface area contributed by atoms with Gasteiger partial charge in [-0.25, -0.2) is 0 Å². The van der Waals surface area contributed by atoms with E-state index in [9.17, 15) is 23.1 Å². The summed E-state index contributed by atoms with van der Waals surface area (Å²) in [5.74, 6) is 0.0527. The van der Waals surface area contributed by atoms with Crippen LogP contribution in [0.25, 0.3) is 0 Å². The van der Waals surface area contributed by atoms with Gasteiger partial charge in [0.15, 0.2) is 0 Å². The van der Waals surface area contributed by atoms with Crippen molar-refractivity contribution < 1.29 is 27.8 Å². The predicted molar refractivity (Wildman–Crippen MR) is 86.9 cm³/mol. The van der Waals surface area contributed by atoms with Gasteiger partial charge in [0.1, 0.15) is 0 Å². The molecule has 1 aliphatic heterocycles. The van der Waals surface area contributed by atoms with E-state index in [1.54, 1.807) is 0 Å². The van der Waals surface area contributed by atoms with Gasteiger partial charge in [-0.05, 0) is 49.3 Å². The van der Waals surface area contributed by atoms with Gasteiger partial charge in [0.2, 0.25) is 5.91 Å². The molecular formula is C18H24F3NO3. The number of hydrogen-bond donors (Lipinski definition) is 2. The zero-order valence-corrected chi connectivity index (χ0v) is 14.0. The topological polar surface area (TPSA) is 58.6 Å². The van der Waals surface area contributed by atoms with Gasteiger partial charge in [-0.3, -0.25) is 4.79 Å². The average Bonchev–Trinajstić information content (AvgIpc) is 2.60. The summed E-state index contributed by atoms with van der Waals surface area (Å²) in [6.07, 6.45) is -2.03. The monoisotopic (exact) mass is 359 g/mol. The number of amides is 1. The van der Waals surface area contributed by atoms with Gasteiger partial charge >= 0.3 is 6.18 Å². The Balaban J connectivity index is 1.65. The molecule has 0 bridgehead atoms. The van der Waals surface area contributed by atoms with E-state index in [0.717, 1.165) is 25.0 Å². The van der Waals surface area contributed by atoms with Gasteiger partial charge in [0.05, 0.1) is 11.7 Å². The molecule has 1 aromatic carbocycles. The molecule has 2 N–H and O–H groups in total. The minimum absolute atomic E-state index is 0.168. The maximum atomic E-state index is 12.5. The van der Waals surface area contributed by atoms with Crippen LogP contribution in [0.2, 0.25) is 0 Å². The van der Waals surface area contributed by atoms with Crippen LogP contribution in [0, 0.1) is 5.92 Å². The first-order valence-corrected chi connectivity index (χ1v) is 8.55. The zero-order chi connectivity index (χ0) is 18.3. The third-order valence-corrected chi connectivity index (χ3v) is 4.49. The Morgan fingerprint density at radius 3 is 2.48 bits per heavy atom. The summed E-state index contributed by atoms with van der Waals surface area (Å²) >= 11 is 0. The van der Waals surface area contributed by atoms with Crippen LogP contribution in [0.15, 0.2) is 24.3 Å². The molecular weight excluding hydrogens is 335 g/mol. The van der Waals surface area contributed by atoms with Crippen molar-refractivity contribution in [2.24, 2.45) is 5.92 Å². The molecule has 0 aliphatic carbocycles. The normalized spacial score (nSPS) is 17.3. The zero-order valence-electron chi connectivity index (χ0n) is 14.0.